The lowest BCUT2D eigenvalue weighted by Crippen LogP contribution is -2.47. The van der Waals surface area contributed by atoms with Crippen molar-refractivity contribution in [1.29, 1.82) is 0 Å². The number of nitrogens with two attached hydrogens (primary N) is 1. The lowest BCUT2D eigenvalue weighted by Gasteiger charge is -2.28. The van der Waals surface area contributed by atoms with Crippen molar-refractivity contribution in [3.05, 3.63) is 34.3 Å². The predicted molar refractivity (Wildman–Crippen MR) is 91.6 cm³/mol. The Balaban J connectivity index is 2.40. The molecule has 4 N–H and O–H groups in total. The average molecular weight is 370 g/mol. The molecule has 2 amide bonds. The third-order valence-electron chi connectivity index (χ3n) is 4.03. The molecule has 0 aliphatic heterocycles. The van der Waals surface area contributed by atoms with Gasteiger partial charge in [0.15, 0.2) is 0 Å². The molecule has 1 aromatic carbocycles. The number of halogens is 1. The summed E-state index contributed by atoms with van der Waals surface area (Å²) in [5.41, 5.74) is 5.82. The second kappa shape index (κ2) is 8.90. The monoisotopic (exact) mass is 369 g/mol. The molecule has 22 heavy (non-hydrogen) atoms. The Kier molecular flexibility index (Phi) is 7.55. The van der Waals surface area contributed by atoms with Crippen molar-refractivity contribution in [3.8, 4) is 0 Å². The van der Waals surface area contributed by atoms with Gasteiger partial charge in [-0.2, -0.15) is 0 Å². The Morgan fingerprint density at radius 3 is 2.14 bits per heavy atom. The van der Waals surface area contributed by atoms with Crippen LogP contribution in [-0.4, -0.2) is 31.4 Å². The predicted octanol–water partition coefficient (Wildman–Crippen LogP) is 2.06. The minimum absolute atomic E-state index is 0.0436. The quantitative estimate of drug-likeness (QED) is 0.613. The van der Waals surface area contributed by atoms with E-state index >= 15 is 0 Å². The van der Waals surface area contributed by atoms with Crippen molar-refractivity contribution in [3.63, 3.8) is 0 Å². The molecule has 6 heteroatoms. The molecule has 0 heterocycles. The first kappa shape index (κ1) is 18.6. The van der Waals surface area contributed by atoms with Gasteiger partial charge in [0.2, 0.25) is 5.91 Å². The van der Waals surface area contributed by atoms with Gasteiger partial charge < -0.3 is 16.4 Å². The lowest BCUT2D eigenvalue weighted by atomic mass is 9.81. The first-order chi connectivity index (χ1) is 10.5. The maximum absolute atomic E-state index is 12.2. The maximum atomic E-state index is 12.2. The summed E-state index contributed by atoms with van der Waals surface area (Å²) in [5.74, 6) is -0.198. The van der Waals surface area contributed by atoms with Gasteiger partial charge in [-0.1, -0.05) is 29.8 Å². The van der Waals surface area contributed by atoms with Gasteiger partial charge >= 0.3 is 0 Å². The molecule has 0 radical (unpaired) electrons. The second-order valence-electron chi connectivity index (χ2n) is 5.21. The van der Waals surface area contributed by atoms with Crippen LogP contribution in [-0.2, 0) is 4.79 Å². The van der Waals surface area contributed by atoms with E-state index in [0.29, 0.717) is 38.0 Å². The number of carbonyl (C=O) groups is 2. The van der Waals surface area contributed by atoms with Crippen LogP contribution in [0.3, 0.4) is 0 Å². The molecule has 122 valence electrons. The molecule has 0 fully saturated rings. The van der Waals surface area contributed by atoms with Crippen molar-refractivity contribution in [2.24, 2.45) is 11.1 Å². The van der Waals surface area contributed by atoms with Gasteiger partial charge in [0.05, 0.1) is 5.41 Å². The number of nitrogens with one attached hydrogen (secondary N) is 2. The highest BCUT2D eigenvalue weighted by atomic mass is 79.9. The molecule has 0 unspecified atom stereocenters. The largest absolute Gasteiger partial charge is 0.354 e. The normalized spacial score (nSPS) is 11.1. The van der Waals surface area contributed by atoms with Crippen LogP contribution in [0.1, 0.15) is 37.0 Å². The SMILES string of the molecule is CCC(CC)(CN)C(=O)NCCNC(=O)c1ccc(Br)cc1. The van der Waals surface area contributed by atoms with E-state index in [9.17, 15) is 9.59 Å². The molecule has 1 rings (SSSR count). The summed E-state index contributed by atoms with van der Waals surface area (Å²) in [6.45, 7) is 5.03. The van der Waals surface area contributed by atoms with Gasteiger partial charge in [0.1, 0.15) is 0 Å². The van der Waals surface area contributed by atoms with Crippen LogP contribution in [0.2, 0.25) is 0 Å². The molecule has 0 aromatic heterocycles. The van der Waals surface area contributed by atoms with Crippen LogP contribution >= 0.6 is 15.9 Å². The first-order valence-electron chi connectivity index (χ1n) is 7.51. The third kappa shape index (κ3) is 4.81. The molecule has 0 atom stereocenters. The van der Waals surface area contributed by atoms with Crippen LogP contribution in [0.15, 0.2) is 28.7 Å². The van der Waals surface area contributed by atoms with Crippen molar-refractivity contribution in [2.75, 3.05) is 19.6 Å². The highest BCUT2D eigenvalue weighted by Crippen LogP contribution is 2.24. The van der Waals surface area contributed by atoms with Crippen molar-refractivity contribution >= 4 is 27.7 Å². The smallest absolute Gasteiger partial charge is 0.251 e. The van der Waals surface area contributed by atoms with Crippen LogP contribution in [0.5, 0.6) is 0 Å². The van der Waals surface area contributed by atoms with Crippen LogP contribution in [0, 0.1) is 5.41 Å². The molecule has 0 spiro atoms. The highest BCUT2D eigenvalue weighted by Gasteiger charge is 2.32. The van der Waals surface area contributed by atoms with Crippen molar-refractivity contribution in [2.45, 2.75) is 26.7 Å². The molecule has 0 aliphatic carbocycles. The molecule has 5 nitrogen and oxygen atoms in total. The van der Waals surface area contributed by atoms with E-state index in [1.165, 1.54) is 0 Å². The fraction of sp³-hybridized carbons (Fsp3) is 0.500. The fourth-order valence-electron chi connectivity index (χ4n) is 2.20. The summed E-state index contributed by atoms with van der Waals surface area (Å²) in [4.78, 5) is 24.1. The molecular weight excluding hydrogens is 346 g/mol. The molecule has 0 saturated carbocycles. The summed E-state index contributed by atoms with van der Waals surface area (Å²) in [6, 6.07) is 7.11. The number of benzene rings is 1. The van der Waals surface area contributed by atoms with E-state index in [2.05, 4.69) is 26.6 Å². The third-order valence-corrected chi connectivity index (χ3v) is 4.56. The summed E-state index contributed by atoms with van der Waals surface area (Å²) in [6.07, 6.45) is 1.41. The number of carbonyl (C=O) groups excluding carboxylic acids is 2. The Morgan fingerprint density at radius 2 is 1.64 bits per heavy atom. The van der Waals surface area contributed by atoms with E-state index in [1.807, 2.05) is 26.0 Å². The molecular formula is C16H24BrN3O2. The second-order valence-corrected chi connectivity index (χ2v) is 6.13. The summed E-state index contributed by atoms with van der Waals surface area (Å²) in [7, 11) is 0. The molecule has 1 aromatic rings. The Morgan fingerprint density at radius 1 is 1.09 bits per heavy atom. The topological polar surface area (TPSA) is 84.2 Å². The van der Waals surface area contributed by atoms with Gasteiger partial charge in [-0.15, -0.1) is 0 Å². The first-order valence-corrected chi connectivity index (χ1v) is 8.30. The zero-order valence-electron chi connectivity index (χ0n) is 13.1. The molecule has 0 saturated heterocycles. The van der Waals surface area contributed by atoms with Gasteiger partial charge in [0, 0.05) is 29.7 Å². The average Bonchev–Trinajstić information content (AvgIpc) is 2.54. The number of rotatable bonds is 8. The zero-order valence-corrected chi connectivity index (χ0v) is 14.7. The van der Waals surface area contributed by atoms with E-state index < -0.39 is 5.41 Å². The molecule has 0 aliphatic rings. The van der Waals surface area contributed by atoms with E-state index in [4.69, 9.17) is 5.73 Å². The summed E-state index contributed by atoms with van der Waals surface area (Å²) < 4.78 is 0.925. The summed E-state index contributed by atoms with van der Waals surface area (Å²) in [5, 5.41) is 5.63. The van der Waals surface area contributed by atoms with Gasteiger partial charge in [-0.05, 0) is 37.1 Å². The minimum Gasteiger partial charge on any atom is -0.354 e. The standard InChI is InChI=1S/C16H24BrN3O2/c1-3-16(4-2,11-18)15(22)20-10-9-19-14(21)12-5-7-13(17)8-6-12/h5-8H,3-4,9-11,18H2,1-2H3,(H,19,21)(H,20,22). The zero-order chi connectivity index (χ0) is 16.6. The van der Waals surface area contributed by atoms with Crippen LogP contribution in [0.25, 0.3) is 0 Å². The number of hydrogen-bond donors (Lipinski definition) is 3. The Labute approximate surface area is 140 Å². The fourth-order valence-corrected chi connectivity index (χ4v) is 2.46. The van der Waals surface area contributed by atoms with Gasteiger partial charge in [-0.3, -0.25) is 9.59 Å². The number of hydrogen-bond acceptors (Lipinski definition) is 3. The highest BCUT2D eigenvalue weighted by molar-refractivity contribution is 9.10. The minimum atomic E-state index is -0.504. The van der Waals surface area contributed by atoms with Crippen LogP contribution < -0.4 is 16.4 Å². The van der Waals surface area contributed by atoms with E-state index in [0.717, 1.165) is 4.47 Å². The van der Waals surface area contributed by atoms with Crippen LogP contribution in [0.4, 0.5) is 0 Å². The van der Waals surface area contributed by atoms with Gasteiger partial charge in [-0.25, -0.2) is 0 Å². The molecule has 0 bridgehead atoms. The van der Waals surface area contributed by atoms with Gasteiger partial charge in [0.25, 0.3) is 5.91 Å². The van der Waals surface area contributed by atoms with Crippen molar-refractivity contribution in [1.82, 2.24) is 10.6 Å². The van der Waals surface area contributed by atoms with E-state index in [1.54, 1.807) is 12.1 Å². The summed E-state index contributed by atoms with van der Waals surface area (Å²) >= 11 is 3.32. The van der Waals surface area contributed by atoms with E-state index in [-0.39, 0.29) is 11.8 Å². The Bertz CT molecular complexity index is 490. The maximum Gasteiger partial charge on any atom is 0.251 e. The Hall–Kier alpha value is -1.40. The lowest BCUT2D eigenvalue weighted by molar-refractivity contribution is -0.130. The van der Waals surface area contributed by atoms with Crippen molar-refractivity contribution < 1.29 is 9.59 Å². The number of amides is 2.